The lowest BCUT2D eigenvalue weighted by Gasteiger charge is -2.33. The molecule has 1 aliphatic rings. The molecule has 1 saturated heterocycles. The molecule has 0 aliphatic carbocycles. The largest absolute Gasteiger partial charge is 0.448 e. The average molecular weight is 461 g/mol. The maximum absolute atomic E-state index is 13.5. The highest BCUT2D eigenvalue weighted by Gasteiger charge is 2.26. The van der Waals surface area contributed by atoms with Crippen molar-refractivity contribution in [3.63, 3.8) is 0 Å². The number of piperidine rings is 1. The molecular weight excluding hydrogens is 435 g/mol. The van der Waals surface area contributed by atoms with Crippen LogP contribution in [0, 0.1) is 5.82 Å². The number of carbonyl (C=O) groups is 1. The number of fused-ring (bicyclic) bond motifs is 1. The molecule has 0 unspecified atom stereocenters. The summed E-state index contributed by atoms with van der Waals surface area (Å²) in [5, 5.41) is 3.53. The van der Waals surface area contributed by atoms with E-state index in [1.165, 1.54) is 12.3 Å². The fourth-order valence-corrected chi connectivity index (χ4v) is 4.25. The van der Waals surface area contributed by atoms with E-state index in [1.54, 1.807) is 24.7 Å². The first-order valence-corrected chi connectivity index (χ1v) is 11.3. The fraction of sp³-hybridized carbons (Fsp3) is 0.320. The third-order valence-electron chi connectivity index (χ3n) is 6.21. The monoisotopic (exact) mass is 460 g/mol. The highest BCUT2D eigenvalue weighted by Crippen LogP contribution is 2.28. The summed E-state index contributed by atoms with van der Waals surface area (Å²) in [5.74, 6) is 0.385. The zero-order chi connectivity index (χ0) is 23.7. The standard InChI is InChI=1S/C25H25FN6O2/c1-15(2)32-5-3-16(4-6-32)25-30-22(14-34-25)24(33)31-23-9-17-7-18(11-28-21(17)13-29-23)19-8-20(26)12-27-10-19/h7-16H,3-6H2,1-2H3,(H,29,31,33). The normalized spacial score (nSPS) is 15.2. The van der Waals surface area contributed by atoms with Gasteiger partial charge in [0.1, 0.15) is 17.9 Å². The molecule has 0 radical (unpaired) electrons. The van der Waals surface area contributed by atoms with Crippen molar-refractivity contribution in [2.45, 2.75) is 38.6 Å². The van der Waals surface area contributed by atoms with E-state index in [0.717, 1.165) is 37.5 Å². The number of anilines is 1. The molecule has 5 rings (SSSR count). The van der Waals surface area contributed by atoms with Crippen LogP contribution in [0.2, 0.25) is 0 Å². The second kappa shape index (κ2) is 9.26. The Kier molecular flexibility index (Phi) is 6.02. The van der Waals surface area contributed by atoms with Crippen LogP contribution >= 0.6 is 0 Å². The summed E-state index contributed by atoms with van der Waals surface area (Å²) in [6, 6.07) is 5.50. The first-order valence-electron chi connectivity index (χ1n) is 11.3. The van der Waals surface area contributed by atoms with Gasteiger partial charge in [0.2, 0.25) is 0 Å². The molecule has 1 aliphatic heterocycles. The third kappa shape index (κ3) is 4.65. The number of carbonyl (C=O) groups excluding carboxylic acids is 1. The number of amides is 1. The van der Waals surface area contributed by atoms with Gasteiger partial charge in [0.15, 0.2) is 11.6 Å². The van der Waals surface area contributed by atoms with Crippen molar-refractivity contribution in [2.24, 2.45) is 0 Å². The van der Waals surface area contributed by atoms with Crippen LogP contribution in [0.15, 0.2) is 53.7 Å². The van der Waals surface area contributed by atoms with E-state index in [0.29, 0.717) is 34.4 Å². The van der Waals surface area contributed by atoms with Crippen molar-refractivity contribution in [3.8, 4) is 11.1 Å². The Balaban J connectivity index is 1.30. The van der Waals surface area contributed by atoms with Crippen LogP contribution in [0.25, 0.3) is 22.0 Å². The van der Waals surface area contributed by atoms with E-state index in [-0.39, 0.29) is 17.5 Å². The van der Waals surface area contributed by atoms with Gasteiger partial charge in [0, 0.05) is 40.9 Å². The topological polar surface area (TPSA) is 97.0 Å². The Labute approximate surface area is 196 Å². The molecular formula is C25H25FN6O2. The summed E-state index contributed by atoms with van der Waals surface area (Å²) in [6.45, 7) is 6.39. The van der Waals surface area contributed by atoms with Gasteiger partial charge in [-0.1, -0.05) is 0 Å². The van der Waals surface area contributed by atoms with E-state index in [4.69, 9.17) is 4.42 Å². The molecule has 8 nitrogen and oxygen atoms in total. The van der Waals surface area contributed by atoms with Crippen LogP contribution in [0.3, 0.4) is 0 Å². The number of nitrogens with one attached hydrogen (secondary N) is 1. The Morgan fingerprint density at radius 3 is 2.65 bits per heavy atom. The van der Waals surface area contributed by atoms with E-state index < -0.39 is 5.82 Å². The van der Waals surface area contributed by atoms with Crippen molar-refractivity contribution >= 4 is 22.6 Å². The Bertz CT molecular complexity index is 1330. The maximum Gasteiger partial charge on any atom is 0.278 e. The van der Waals surface area contributed by atoms with Crippen LogP contribution < -0.4 is 5.32 Å². The number of rotatable bonds is 5. The highest BCUT2D eigenvalue weighted by atomic mass is 19.1. The van der Waals surface area contributed by atoms with Crippen LogP contribution in [0.4, 0.5) is 10.2 Å². The van der Waals surface area contributed by atoms with Crippen molar-refractivity contribution < 1.29 is 13.6 Å². The number of nitrogens with zero attached hydrogens (tertiary/aromatic N) is 5. The smallest absolute Gasteiger partial charge is 0.278 e. The van der Waals surface area contributed by atoms with E-state index in [2.05, 4.69) is 44.0 Å². The highest BCUT2D eigenvalue weighted by molar-refractivity contribution is 6.03. The summed E-state index contributed by atoms with van der Waals surface area (Å²) in [4.78, 5) is 32.2. The second-order valence-electron chi connectivity index (χ2n) is 8.81. The lowest BCUT2D eigenvalue weighted by atomic mass is 9.96. The van der Waals surface area contributed by atoms with Crippen molar-refractivity contribution in [2.75, 3.05) is 18.4 Å². The summed E-state index contributed by atoms with van der Waals surface area (Å²) in [5.41, 5.74) is 2.21. The zero-order valence-electron chi connectivity index (χ0n) is 19.0. The molecule has 1 N–H and O–H groups in total. The lowest BCUT2D eigenvalue weighted by Crippen LogP contribution is -2.37. The molecule has 4 aromatic rings. The van der Waals surface area contributed by atoms with Gasteiger partial charge in [0.05, 0.1) is 17.9 Å². The molecule has 0 aromatic carbocycles. The fourth-order valence-electron chi connectivity index (χ4n) is 4.25. The van der Waals surface area contributed by atoms with Gasteiger partial charge in [0.25, 0.3) is 5.91 Å². The van der Waals surface area contributed by atoms with Crippen LogP contribution in [0.5, 0.6) is 0 Å². The molecule has 174 valence electrons. The minimum atomic E-state index is -0.419. The zero-order valence-corrected chi connectivity index (χ0v) is 19.0. The maximum atomic E-state index is 13.5. The molecule has 5 heterocycles. The molecule has 9 heteroatoms. The van der Waals surface area contributed by atoms with Crippen LogP contribution in [0.1, 0.15) is 49.0 Å². The van der Waals surface area contributed by atoms with Gasteiger partial charge in [-0.2, -0.15) is 0 Å². The SMILES string of the molecule is CC(C)N1CCC(c2nc(C(=O)Nc3cc4cc(-c5cncc(F)c5)cnc4cn3)co2)CC1. The summed E-state index contributed by atoms with van der Waals surface area (Å²) >= 11 is 0. The van der Waals surface area contributed by atoms with Crippen LogP contribution in [-0.4, -0.2) is 49.9 Å². The molecule has 0 spiro atoms. The summed E-state index contributed by atoms with van der Waals surface area (Å²) in [7, 11) is 0. The summed E-state index contributed by atoms with van der Waals surface area (Å²) in [6.07, 6.45) is 9.27. The number of likely N-dealkylation sites (tertiary alicyclic amines) is 1. The van der Waals surface area contributed by atoms with E-state index >= 15 is 0 Å². The molecule has 0 saturated carbocycles. The predicted molar refractivity (Wildman–Crippen MR) is 126 cm³/mol. The number of halogens is 1. The quantitative estimate of drug-likeness (QED) is 0.463. The first kappa shape index (κ1) is 22.1. The Morgan fingerprint density at radius 1 is 1.09 bits per heavy atom. The third-order valence-corrected chi connectivity index (χ3v) is 6.21. The van der Waals surface area contributed by atoms with E-state index in [9.17, 15) is 9.18 Å². The minimum absolute atomic E-state index is 0.220. The van der Waals surface area contributed by atoms with Gasteiger partial charge < -0.3 is 14.6 Å². The summed E-state index contributed by atoms with van der Waals surface area (Å²) < 4.78 is 19.2. The molecule has 1 fully saturated rings. The van der Waals surface area contributed by atoms with Crippen molar-refractivity contribution in [1.29, 1.82) is 0 Å². The van der Waals surface area contributed by atoms with Gasteiger partial charge in [-0.05, 0) is 58.0 Å². The molecule has 4 aromatic heterocycles. The first-order chi connectivity index (χ1) is 16.5. The average Bonchev–Trinajstić information content (AvgIpc) is 3.34. The second-order valence-corrected chi connectivity index (χ2v) is 8.81. The molecule has 0 bridgehead atoms. The van der Waals surface area contributed by atoms with Gasteiger partial charge in [-0.15, -0.1) is 0 Å². The number of aromatic nitrogens is 4. The van der Waals surface area contributed by atoms with E-state index in [1.807, 2.05) is 6.07 Å². The van der Waals surface area contributed by atoms with Crippen molar-refractivity contribution in [3.05, 3.63) is 66.7 Å². The van der Waals surface area contributed by atoms with Gasteiger partial charge in [-0.25, -0.2) is 14.4 Å². The number of hydrogen-bond donors (Lipinski definition) is 1. The molecule has 34 heavy (non-hydrogen) atoms. The number of pyridine rings is 3. The predicted octanol–water partition coefficient (Wildman–Crippen LogP) is 4.66. The van der Waals surface area contributed by atoms with Gasteiger partial charge in [-0.3, -0.25) is 14.8 Å². The Morgan fingerprint density at radius 2 is 1.88 bits per heavy atom. The van der Waals surface area contributed by atoms with Crippen molar-refractivity contribution in [1.82, 2.24) is 24.8 Å². The minimum Gasteiger partial charge on any atom is -0.448 e. The van der Waals surface area contributed by atoms with Gasteiger partial charge >= 0.3 is 0 Å². The number of oxazole rings is 1. The molecule has 1 amide bonds. The lowest BCUT2D eigenvalue weighted by molar-refractivity contribution is 0.102. The van der Waals surface area contributed by atoms with Crippen LogP contribution in [-0.2, 0) is 0 Å². The Hall–Kier alpha value is -3.72. The number of hydrogen-bond acceptors (Lipinski definition) is 7. The molecule has 0 atom stereocenters.